The summed E-state index contributed by atoms with van der Waals surface area (Å²) in [7, 11) is 0. The molecule has 0 aliphatic rings. The van der Waals surface area contributed by atoms with Gasteiger partial charge < -0.3 is 28.2 Å². The Labute approximate surface area is 228 Å². The number of nitrogens with zero attached hydrogens (tertiary/aromatic N) is 2. The molecule has 0 amide bonds. The van der Waals surface area contributed by atoms with E-state index in [0.717, 1.165) is 0 Å². The Balaban J connectivity index is 0.000000212. The van der Waals surface area contributed by atoms with Crippen LogP contribution in [0.15, 0.2) is 57.4 Å². The second-order valence-corrected chi connectivity index (χ2v) is 8.09. The van der Waals surface area contributed by atoms with Gasteiger partial charge in [0.05, 0.1) is 19.8 Å². The first-order valence-corrected chi connectivity index (χ1v) is 12.2. The molecule has 0 aliphatic heterocycles. The summed E-state index contributed by atoms with van der Waals surface area (Å²) in [5.41, 5.74) is 1.14. The molecule has 2 aromatic carbocycles. The van der Waals surface area contributed by atoms with Crippen molar-refractivity contribution in [2.24, 2.45) is 0 Å². The normalized spacial score (nSPS) is 10.3. The van der Waals surface area contributed by atoms with E-state index in [1.165, 1.54) is 0 Å². The van der Waals surface area contributed by atoms with Gasteiger partial charge in [-0.3, -0.25) is 0 Å². The number of hydrogen-bond acceptors (Lipinski definition) is 9. The Kier molecular flexibility index (Phi) is 10.1. The highest BCUT2D eigenvalue weighted by Gasteiger charge is 2.24. The zero-order valence-electron chi connectivity index (χ0n) is 20.7. The van der Waals surface area contributed by atoms with Gasteiger partial charge in [0.2, 0.25) is 23.2 Å². The molecule has 0 aliphatic carbocycles. The van der Waals surface area contributed by atoms with Crippen molar-refractivity contribution in [2.75, 3.05) is 19.8 Å². The van der Waals surface area contributed by atoms with Crippen molar-refractivity contribution in [3.63, 3.8) is 0 Å². The molecule has 4 aromatic rings. The minimum absolute atomic E-state index is 0.0404. The van der Waals surface area contributed by atoms with E-state index in [1.807, 2.05) is 0 Å². The largest absolute Gasteiger partial charge is 0.476 e. The van der Waals surface area contributed by atoms with Crippen molar-refractivity contribution in [1.29, 1.82) is 0 Å². The molecule has 0 saturated heterocycles. The maximum atomic E-state index is 11.8. The molecule has 2 heterocycles. The Bertz CT molecular complexity index is 1370. The molecular formula is C26H24Cl2N2O8. The fourth-order valence-corrected chi connectivity index (χ4v) is 3.22. The van der Waals surface area contributed by atoms with Crippen molar-refractivity contribution >= 4 is 35.1 Å². The molecule has 1 N–H and O–H groups in total. The molecule has 0 bridgehead atoms. The van der Waals surface area contributed by atoms with Gasteiger partial charge in [-0.05, 0) is 69.3 Å². The molecule has 4 rings (SSSR count). The molecule has 0 atom stereocenters. The van der Waals surface area contributed by atoms with E-state index in [4.69, 9.17) is 51.4 Å². The number of carbonyl (C=O) groups excluding carboxylic acids is 1. The van der Waals surface area contributed by atoms with Crippen LogP contribution in [0, 0.1) is 0 Å². The van der Waals surface area contributed by atoms with Crippen LogP contribution in [0.1, 0.15) is 41.7 Å². The smallest absolute Gasteiger partial charge is 0.364 e. The summed E-state index contributed by atoms with van der Waals surface area (Å²) >= 11 is 11.6. The van der Waals surface area contributed by atoms with Gasteiger partial charge in [0.1, 0.15) is 0 Å². The molecule has 38 heavy (non-hydrogen) atoms. The molecule has 0 radical (unpaired) electrons. The van der Waals surface area contributed by atoms with Gasteiger partial charge in [0.15, 0.2) is 0 Å². The van der Waals surface area contributed by atoms with Crippen LogP contribution in [0.5, 0.6) is 11.9 Å². The monoisotopic (exact) mass is 562 g/mol. The number of rotatable bonds is 9. The van der Waals surface area contributed by atoms with Gasteiger partial charge in [-0.15, -0.1) is 0 Å². The van der Waals surface area contributed by atoms with E-state index in [-0.39, 0.29) is 41.7 Å². The second kappa shape index (κ2) is 13.5. The fourth-order valence-electron chi connectivity index (χ4n) is 2.97. The van der Waals surface area contributed by atoms with Gasteiger partial charge in [0, 0.05) is 21.2 Å². The number of aromatic carboxylic acids is 1. The lowest BCUT2D eigenvalue weighted by atomic mass is 10.2. The summed E-state index contributed by atoms with van der Waals surface area (Å²) in [6.07, 6.45) is 0. The number of ether oxygens (including phenoxy) is 3. The maximum Gasteiger partial charge on any atom is 0.364 e. The number of carbonyl (C=O) groups is 2. The number of carboxylic acids is 1. The van der Waals surface area contributed by atoms with Gasteiger partial charge in [0.25, 0.3) is 0 Å². The van der Waals surface area contributed by atoms with Crippen LogP contribution in [0.3, 0.4) is 0 Å². The fraction of sp³-hybridized carbons (Fsp3) is 0.231. The number of hydrogen-bond donors (Lipinski definition) is 1. The number of oxazole rings is 2. The Hall–Kier alpha value is -4.02. The maximum absolute atomic E-state index is 11.8. The number of halogens is 2. The lowest BCUT2D eigenvalue weighted by molar-refractivity contribution is 0.0512. The van der Waals surface area contributed by atoms with Crippen LogP contribution in [0.2, 0.25) is 10.0 Å². The van der Waals surface area contributed by atoms with E-state index in [0.29, 0.717) is 34.4 Å². The minimum atomic E-state index is -1.19. The average molecular weight is 563 g/mol. The van der Waals surface area contributed by atoms with E-state index in [9.17, 15) is 9.59 Å². The SMILES string of the molecule is CCOC(=O)c1nc(-c2ccc(Cl)cc2)oc1OCC.CCOc1oc(-c2ccc(Cl)cc2)nc1C(=O)O. The lowest BCUT2D eigenvalue weighted by Crippen LogP contribution is -2.07. The molecule has 2 aromatic heterocycles. The summed E-state index contributed by atoms with van der Waals surface area (Å²) in [5, 5.41) is 10.2. The summed E-state index contributed by atoms with van der Waals surface area (Å²) in [6, 6.07) is 13.6. The highest BCUT2D eigenvalue weighted by atomic mass is 35.5. The van der Waals surface area contributed by atoms with E-state index >= 15 is 0 Å². The average Bonchev–Trinajstić information content (AvgIpc) is 3.51. The predicted molar refractivity (Wildman–Crippen MR) is 139 cm³/mol. The number of carboxylic acid groups (broad SMARTS) is 1. The molecule has 12 heteroatoms. The Morgan fingerprint density at radius 3 is 1.55 bits per heavy atom. The van der Waals surface area contributed by atoms with Crippen molar-refractivity contribution in [3.05, 3.63) is 70.0 Å². The van der Waals surface area contributed by atoms with Crippen LogP contribution in [-0.4, -0.2) is 46.8 Å². The van der Waals surface area contributed by atoms with Crippen molar-refractivity contribution in [2.45, 2.75) is 20.8 Å². The molecular weight excluding hydrogens is 539 g/mol. The van der Waals surface area contributed by atoms with Crippen molar-refractivity contribution in [1.82, 2.24) is 9.97 Å². The zero-order valence-corrected chi connectivity index (χ0v) is 22.2. The second-order valence-electron chi connectivity index (χ2n) is 7.22. The van der Waals surface area contributed by atoms with Crippen LogP contribution < -0.4 is 9.47 Å². The van der Waals surface area contributed by atoms with Gasteiger partial charge >= 0.3 is 23.8 Å². The van der Waals surface area contributed by atoms with Crippen LogP contribution >= 0.6 is 23.2 Å². The van der Waals surface area contributed by atoms with Crippen LogP contribution in [0.25, 0.3) is 22.9 Å². The summed E-state index contributed by atoms with van der Waals surface area (Å²) in [5.74, 6) is -1.31. The molecule has 0 spiro atoms. The molecule has 10 nitrogen and oxygen atoms in total. The molecule has 200 valence electrons. The quantitative estimate of drug-likeness (QED) is 0.220. The Morgan fingerprint density at radius 1 is 0.737 bits per heavy atom. The lowest BCUT2D eigenvalue weighted by Gasteiger charge is -2.00. The molecule has 0 unspecified atom stereocenters. The summed E-state index contributed by atoms with van der Waals surface area (Å²) in [4.78, 5) is 30.8. The summed E-state index contributed by atoms with van der Waals surface area (Å²) < 4.78 is 26.0. The van der Waals surface area contributed by atoms with Crippen molar-refractivity contribution < 1.29 is 37.7 Å². The first-order chi connectivity index (χ1) is 18.3. The third-order valence-corrected chi connectivity index (χ3v) is 5.10. The first kappa shape index (κ1) is 28.5. The third-order valence-electron chi connectivity index (χ3n) is 4.60. The number of aromatic nitrogens is 2. The van der Waals surface area contributed by atoms with E-state index in [1.54, 1.807) is 69.3 Å². The number of esters is 1. The van der Waals surface area contributed by atoms with Crippen molar-refractivity contribution in [3.8, 4) is 34.8 Å². The zero-order chi connectivity index (χ0) is 27.7. The van der Waals surface area contributed by atoms with Gasteiger partial charge in [-0.1, -0.05) is 23.2 Å². The van der Waals surface area contributed by atoms with E-state index in [2.05, 4.69) is 9.97 Å². The van der Waals surface area contributed by atoms with Crippen LogP contribution in [-0.2, 0) is 4.74 Å². The number of benzene rings is 2. The Morgan fingerprint density at radius 2 is 1.16 bits per heavy atom. The third kappa shape index (κ3) is 7.27. The minimum Gasteiger partial charge on any atom is -0.476 e. The van der Waals surface area contributed by atoms with E-state index < -0.39 is 11.9 Å². The standard InChI is InChI=1S/C14H14ClNO4.C12H10ClNO4/c1-3-18-13(17)11-14(19-4-2)20-12(16-11)9-5-7-10(15)8-6-9;1-2-17-12-9(11(15)16)14-10(18-12)7-3-5-8(13)6-4-7/h5-8H,3-4H2,1-2H3;3-6H,2H2,1H3,(H,15,16). The highest BCUT2D eigenvalue weighted by Crippen LogP contribution is 2.29. The topological polar surface area (TPSA) is 134 Å². The molecule has 0 fully saturated rings. The highest BCUT2D eigenvalue weighted by molar-refractivity contribution is 6.30. The van der Waals surface area contributed by atoms with Crippen LogP contribution in [0.4, 0.5) is 0 Å². The summed E-state index contributed by atoms with van der Waals surface area (Å²) in [6.45, 7) is 6.17. The molecule has 0 saturated carbocycles. The van der Waals surface area contributed by atoms with Gasteiger partial charge in [-0.2, -0.15) is 9.97 Å². The predicted octanol–water partition coefficient (Wildman–Crippen LogP) is 6.66. The first-order valence-electron chi connectivity index (χ1n) is 11.5. The van der Waals surface area contributed by atoms with Gasteiger partial charge in [-0.25, -0.2) is 9.59 Å².